The minimum atomic E-state index is -0.691. The Bertz CT molecular complexity index is 679. The Morgan fingerprint density at radius 1 is 1.10 bits per heavy atom. The van der Waals surface area contributed by atoms with Gasteiger partial charge in [-0.25, -0.2) is 0 Å². The van der Waals surface area contributed by atoms with Crippen LogP contribution in [0.2, 0.25) is 0 Å². The van der Waals surface area contributed by atoms with Gasteiger partial charge in [0.2, 0.25) is 5.91 Å². The lowest BCUT2D eigenvalue weighted by molar-refractivity contribution is -0.141. The predicted molar refractivity (Wildman–Crippen MR) is 116 cm³/mol. The summed E-state index contributed by atoms with van der Waals surface area (Å²) >= 11 is 0. The number of Topliss-reactive ketones (excluding diaryl/α,β-unsaturated/α-hetero) is 1. The third kappa shape index (κ3) is 6.13. The van der Waals surface area contributed by atoms with Crippen molar-refractivity contribution in [3.63, 3.8) is 0 Å². The first-order valence-corrected chi connectivity index (χ1v) is 10.9. The predicted octanol–water partition coefficient (Wildman–Crippen LogP) is 3.38. The van der Waals surface area contributed by atoms with Gasteiger partial charge in [-0.1, -0.05) is 44.2 Å². The van der Waals surface area contributed by atoms with Crippen LogP contribution in [0.4, 0.5) is 0 Å². The number of likely N-dealkylation sites (tertiary alicyclic amines) is 1. The van der Waals surface area contributed by atoms with Gasteiger partial charge in [-0.15, -0.1) is 0 Å². The Labute approximate surface area is 180 Å². The molecular formula is C24H37NO5. The molecule has 168 valence electrons. The average molecular weight is 420 g/mol. The number of hydrogen-bond donors (Lipinski definition) is 1. The number of amides is 1. The molecule has 0 bridgehead atoms. The van der Waals surface area contributed by atoms with Gasteiger partial charge in [-0.05, 0) is 31.2 Å². The molecule has 30 heavy (non-hydrogen) atoms. The van der Waals surface area contributed by atoms with Crippen LogP contribution in [0.25, 0.3) is 0 Å². The van der Waals surface area contributed by atoms with Gasteiger partial charge in [-0.3, -0.25) is 9.59 Å². The molecule has 2 rings (SSSR count). The number of ketones is 1. The van der Waals surface area contributed by atoms with Gasteiger partial charge in [-0.2, -0.15) is 0 Å². The molecule has 0 saturated carbocycles. The summed E-state index contributed by atoms with van der Waals surface area (Å²) in [4.78, 5) is 27.6. The summed E-state index contributed by atoms with van der Waals surface area (Å²) in [6.07, 6.45) is 1.13. The molecule has 1 aromatic rings. The zero-order valence-corrected chi connectivity index (χ0v) is 18.9. The number of aliphatic hydroxyl groups excluding tert-OH is 1. The molecule has 1 aliphatic heterocycles. The second-order valence-electron chi connectivity index (χ2n) is 8.54. The number of aliphatic hydroxyl groups is 1. The van der Waals surface area contributed by atoms with E-state index in [4.69, 9.17) is 9.47 Å². The first-order valence-electron chi connectivity index (χ1n) is 10.9. The third-order valence-electron chi connectivity index (χ3n) is 6.34. The molecule has 1 heterocycles. The quantitative estimate of drug-likeness (QED) is 0.595. The van der Waals surface area contributed by atoms with Crippen molar-refractivity contribution in [3.05, 3.63) is 35.9 Å². The zero-order valence-electron chi connectivity index (χ0n) is 18.9. The van der Waals surface area contributed by atoms with Crippen molar-refractivity contribution in [2.45, 2.75) is 70.8 Å². The van der Waals surface area contributed by atoms with Gasteiger partial charge in [0.15, 0.2) is 0 Å². The second kappa shape index (κ2) is 11.6. The van der Waals surface area contributed by atoms with Crippen molar-refractivity contribution in [2.75, 3.05) is 20.8 Å². The van der Waals surface area contributed by atoms with Crippen LogP contribution in [0.1, 0.15) is 58.1 Å². The number of methoxy groups -OCH3 is 2. The monoisotopic (exact) mass is 419 g/mol. The summed E-state index contributed by atoms with van der Waals surface area (Å²) in [7, 11) is 3.21. The van der Waals surface area contributed by atoms with E-state index >= 15 is 0 Å². The van der Waals surface area contributed by atoms with Crippen LogP contribution in [0.15, 0.2) is 30.3 Å². The highest BCUT2D eigenvalue weighted by Gasteiger charge is 2.40. The summed E-state index contributed by atoms with van der Waals surface area (Å²) in [5, 5.41) is 10.6. The van der Waals surface area contributed by atoms with E-state index in [1.165, 1.54) is 0 Å². The standard InChI is InChI=1S/C24H37NO5/c1-16(23(28)19-10-7-6-8-11-19)14-21(26)18(3)24(30-5)20-12-9-13-25(20)22(27)15-17(2)29-4/h6-8,10-11,16-18,20,23-24,28H,9,12-15H2,1-5H3/t16-,17-,18-,20-,23+,24+/m0/s1. The lowest BCUT2D eigenvalue weighted by Gasteiger charge is -2.34. The highest BCUT2D eigenvalue weighted by molar-refractivity contribution is 5.82. The Hall–Kier alpha value is -1.76. The summed E-state index contributed by atoms with van der Waals surface area (Å²) in [6, 6.07) is 9.30. The zero-order chi connectivity index (χ0) is 22.3. The number of carbonyl (C=O) groups excluding carboxylic acids is 2. The van der Waals surface area contributed by atoms with E-state index in [9.17, 15) is 14.7 Å². The Morgan fingerprint density at radius 3 is 2.37 bits per heavy atom. The highest BCUT2D eigenvalue weighted by atomic mass is 16.5. The fraction of sp³-hybridized carbons (Fsp3) is 0.667. The molecule has 1 saturated heterocycles. The van der Waals surface area contributed by atoms with Crippen LogP contribution in [0.3, 0.4) is 0 Å². The molecule has 0 spiro atoms. The van der Waals surface area contributed by atoms with Gasteiger partial charge in [0, 0.05) is 33.1 Å². The average Bonchev–Trinajstić information content (AvgIpc) is 3.23. The minimum absolute atomic E-state index is 0.0430. The molecule has 1 amide bonds. The summed E-state index contributed by atoms with van der Waals surface area (Å²) in [6.45, 7) is 6.32. The number of ether oxygens (including phenoxy) is 2. The van der Waals surface area contributed by atoms with Gasteiger partial charge >= 0.3 is 0 Å². The lowest BCUT2D eigenvalue weighted by atomic mass is 9.85. The molecule has 6 nitrogen and oxygen atoms in total. The van der Waals surface area contributed by atoms with Crippen LogP contribution in [0, 0.1) is 11.8 Å². The maximum absolute atomic E-state index is 13.0. The van der Waals surface area contributed by atoms with Gasteiger partial charge in [0.05, 0.1) is 30.8 Å². The molecule has 0 aromatic heterocycles. The van der Waals surface area contributed by atoms with Gasteiger partial charge in [0.25, 0.3) is 0 Å². The number of hydrogen-bond acceptors (Lipinski definition) is 5. The first-order chi connectivity index (χ1) is 14.3. The Balaban J connectivity index is 2.02. The van der Waals surface area contributed by atoms with Gasteiger partial charge < -0.3 is 19.5 Å². The van der Waals surface area contributed by atoms with Crippen molar-refractivity contribution in [3.8, 4) is 0 Å². The van der Waals surface area contributed by atoms with E-state index in [1.807, 2.05) is 56.0 Å². The maximum atomic E-state index is 13.0. The molecule has 6 atom stereocenters. The summed E-state index contributed by atoms with van der Waals surface area (Å²) in [5.41, 5.74) is 0.813. The fourth-order valence-electron chi connectivity index (χ4n) is 4.36. The lowest BCUT2D eigenvalue weighted by Crippen LogP contribution is -2.48. The van der Waals surface area contributed by atoms with Crippen LogP contribution in [-0.4, -0.2) is 60.7 Å². The molecule has 6 heteroatoms. The van der Waals surface area contributed by atoms with E-state index < -0.39 is 6.10 Å². The number of benzene rings is 1. The molecule has 0 radical (unpaired) electrons. The largest absolute Gasteiger partial charge is 0.388 e. The SMILES string of the molecule is CO[C@H]([C@@H](C)C(=O)C[C@H](C)[C@@H](O)c1ccccc1)[C@@H]1CCCN1C(=O)C[C@H](C)OC. The van der Waals surface area contributed by atoms with E-state index in [0.29, 0.717) is 13.0 Å². The minimum Gasteiger partial charge on any atom is -0.388 e. The highest BCUT2D eigenvalue weighted by Crippen LogP contribution is 2.30. The van der Waals surface area contributed by atoms with Crippen molar-refractivity contribution in [1.82, 2.24) is 4.90 Å². The fourth-order valence-corrected chi connectivity index (χ4v) is 4.36. The summed E-state index contributed by atoms with van der Waals surface area (Å²) in [5.74, 6) is -0.474. The maximum Gasteiger partial charge on any atom is 0.225 e. The van der Waals surface area contributed by atoms with E-state index in [-0.39, 0.29) is 48.2 Å². The van der Waals surface area contributed by atoms with Gasteiger partial charge in [0.1, 0.15) is 5.78 Å². The summed E-state index contributed by atoms with van der Waals surface area (Å²) < 4.78 is 11.0. The van der Waals surface area contributed by atoms with E-state index in [1.54, 1.807) is 14.2 Å². The van der Waals surface area contributed by atoms with Crippen molar-refractivity contribution in [2.24, 2.45) is 11.8 Å². The number of carbonyl (C=O) groups is 2. The third-order valence-corrected chi connectivity index (χ3v) is 6.34. The van der Waals surface area contributed by atoms with Crippen LogP contribution < -0.4 is 0 Å². The smallest absolute Gasteiger partial charge is 0.225 e. The molecular weight excluding hydrogens is 382 g/mol. The normalized spacial score (nSPS) is 21.7. The number of rotatable bonds is 11. The molecule has 1 N–H and O–H groups in total. The molecule has 1 aliphatic rings. The molecule has 1 fully saturated rings. The molecule has 0 unspecified atom stereocenters. The van der Waals surface area contributed by atoms with Crippen LogP contribution >= 0.6 is 0 Å². The van der Waals surface area contributed by atoms with Crippen molar-refractivity contribution >= 4 is 11.7 Å². The first kappa shape index (κ1) is 24.5. The van der Waals surface area contributed by atoms with Crippen molar-refractivity contribution < 1.29 is 24.2 Å². The van der Waals surface area contributed by atoms with E-state index in [2.05, 4.69) is 0 Å². The van der Waals surface area contributed by atoms with Crippen LogP contribution in [-0.2, 0) is 19.1 Å². The van der Waals surface area contributed by atoms with Crippen molar-refractivity contribution in [1.29, 1.82) is 0 Å². The molecule has 0 aliphatic carbocycles. The van der Waals surface area contributed by atoms with E-state index in [0.717, 1.165) is 18.4 Å². The Morgan fingerprint density at radius 2 is 1.77 bits per heavy atom. The van der Waals surface area contributed by atoms with Crippen LogP contribution in [0.5, 0.6) is 0 Å². The second-order valence-corrected chi connectivity index (χ2v) is 8.54. The molecule has 1 aromatic carbocycles. The Kier molecular flexibility index (Phi) is 9.46. The topological polar surface area (TPSA) is 76.1 Å². The number of nitrogens with zero attached hydrogens (tertiary/aromatic N) is 1.